The third kappa shape index (κ3) is 5.06. The first-order chi connectivity index (χ1) is 15.3. The van der Waals surface area contributed by atoms with Crippen LogP contribution in [0.15, 0.2) is 66.8 Å². The molecule has 1 aliphatic heterocycles. The molecule has 1 atom stereocenters. The van der Waals surface area contributed by atoms with E-state index >= 15 is 0 Å². The van der Waals surface area contributed by atoms with Gasteiger partial charge in [-0.1, -0.05) is 24.8 Å². The molecular formula is C25H27FN2O4. The first-order valence-electron chi connectivity index (χ1n) is 10.4. The maximum atomic E-state index is 13.4. The molecule has 7 heteroatoms. The summed E-state index contributed by atoms with van der Waals surface area (Å²) in [5, 5.41) is 11.0. The second kappa shape index (κ2) is 10.2. The van der Waals surface area contributed by atoms with E-state index in [-0.39, 0.29) is 16.9 Å². The van der Waals surface area contributed by atoms with E-state index in [9.17, 15) is 19.1 Å². The molecule has 0 unspecified atom stereocenters. The number of nitrogens with zero attached hydrogens (tertiary/aromatic N) is 2. The number of hydrogen-bond acceptors (Lipinski definition) is 5. The lowest BCUT2D eigenvalue weighted by Crippen LogP contribution is -2.32. The number of aliphatic hydroxyl groups is 1. The average Bonchev–Trinajstić information content (AvgIpc) is 3.02. The zero-order valence-electron chi connectivity index (χ0n) is 18.3. The van der Waals surface area contributed by atoms with E-state index in [4.69, 9.17) is 4.74 Å². The van der Waals surface area contributed by atoms with Gasteiger partial charge < -0.3 is 19.6 Å². The summed E-state index contributed by atoms with van der Waals surface area (Å²) in [6, 6.07) is 11.4. The number of carbonyl (C=O) groups is 2. The number of ether oxygens (including phenoxy) is 1. The Morgan fingerprint density at radius 2 is 1.94 bits per heavy atom. The molecule has 3 rings (SSSR count). The molecule has 1 saturated heterocycles. The van der Waals surface area contributed by atoms with Crippen LogP contribution in [-0.2, 0) is 9.59 Å². The fraction of sp³-hybridized carbons (Fsp3) is 0.280. The molecule has 0 aliphatic carbocycles. The lowest BCUT2D eigenvalue weighted by Gasteiger charge is -2.26. The molecule has 0 radical (unpaired) electrons. The molecule has 168 valence electrons. The number of Topliss-reactive ketones (excluding diaryl/α,β-unsaturated/α-hetero) is 1. The predicted molar refractivity (Wildman–Crippen MR) is 121 cm³/mol. The van der Waals surface area contributed by atoms with Crippen LogP contribution < -0.4 is 4.74 Å². The molecule has 1 amide bonds. The monoisotopic (exact) mass is 438 g/mol. The summed E-state index contributed by atoms with van der Waals surface area (Å²) in [6.45, 7) is 5.02. The molecule has 32 heavy (non-hydrogen) atoms. The Labute approximate surface area is 187 Å². The normalized spacial score (nSPS) is 17.8. The Morgan fingerprint density at radius 1 is 1.22 bits per heavy atom. The van der Waals surface area contributed by atoms with Gasteiger partial charge in [0.25, 0.3) is 11.7 Å². The van der Waals surface area contributed by atoms with Crippen molar-refractivity contribution in [2.45, 2.75) is 12.5 Å². The van der Waals surface area contributed by atoms with E-state index in [0.29, 0.717) is 30.9 Å². The summed E-state index contributed by atoms with van der Waals surface area (Å²) in [7, 11) is 3.86. The van der Waals surface area contributed by atoms with Crippen molar-refractivity contribution in [1.29, 1.82) is 0 Å². The molecule has 2 aromatic rings. The molecule has 2 aromatic carbocycles. The highest BCUT2D eigenvalue weighted by molar-refractivity contribution is 6.46. The van der Waals surface area contributed by atoms with E-state index in [0.717, 1.165) is 6.54 Å². The second-order valence-electron chi connectivity index (χ2n) is 7.83. The van der Waals surface area contributed by atoms with E-state index in [1.54, 1.807) is 30.3 Å². The standard InChI is InChI=1S/C25H27FN2O4/c1-4-15-32-20-8-5-7-18(16-20)22-21(23(29)17-9-11-19(26)12-10-17)24(30)25(31)28(22)14-6-13-27(2)3/h4-5,7-12,16,22,29H,1,6,13-15H2,2-3H3/t22-/m1/s1. The van der Waals surface area contributed by atoms with Crippen LogP contribution in [0.3, 0.4) is 0 Å². The van der Waals surface area contributed by atoms with Gasteiger partial charge in [0.05, 0.1) is 11.6 Å². The van der Waals surface area contributed by atoms with Gasteiger partial charge >= 0.3 is 0 Å². The van der Waals surface area contributed by atoms with Gasteiger partial charge in [0, 0.05) is 12.1 Å². The second-order valence-corrected chi connectivity index (χ2v) is 7.83. The number of carbonyl (C=O) groups excluding carboxylic acids is 2. The summed E-state index contributed by atoms with van der Waals surface area (Å²) in [6.07, 6.45) is 2.27. The number of rotatable bonds is 9. The van der Waals surface area contributed by atoms with E-state index < -0.39 is 23.5 Å². The van der Waals surface area contributed by atoms with Crippen LogP contribution in [0.25, 0.3) is 5.76 Å². The van der Waals surface area contributed by atoms with Crippen molar-refractivity contribution >= 4 is 17.4 Å². The predicted octanol–water partition coefficient (Wildman–Crippen LogP) is 3.76. The van der Waals surface area contributed by atoms with Crippen molar-refractivity contribution in [2.24, 2.45) is 0 Å². The molecular weight excluding hydrogens is 411 g/mol. The summed E-state index contributed by atoms with van der Waals surface area (Å²) in [5.74, 6) is -1.67. The Balaban J connectivity index is 2.08. The Bertz CT molecular complexity index is 1030. The van der Waals surface area contributed by atoms with Crippen molar-refractivity contribution in [3.63, 3.8) is 0 Å². The van der Waals surface area contributed by atoms with Gasteiger partial charge in [0.1, 0.15) is 23.9 Å². The highest BCUT2D eigenvalue weighted by Crippen LogP contribution is 2.40. The molecule has 0 spiro atoms. The minimum absolute atomic E-state index is 0.0210. The highest BCUT2D eigenvalue weighted by Gasteiger charge is 2.45. The van der Waals surface area contributed by atoms with Gasteiger partial charge in [-0.25, -0.2) is 4.39 Å². The van der Waals surface area contributed by atoms with Crippen LogP contribution in [0.1, 0.15) is 23.6 Å². The number of hydrogen-bond donors (Lipinski definition) is 1. The minimum atomic E-state index is -0.783. The largest absolute Gasteiger partial charge is 0.507 e. The molecule has 0 bridgehead atoms. The van der Waals surface area contributed by atoms with Crippen LogP contribution in [0.5, 0.6) is 5.75 Å². The lowest BCUT2D eigenvalue weighted by molar-refractivity contribution is -0.139. The third-order valence-electron chi connectivity index (χ3n) is 5.20. The fourth-order valence-corrected chi connectivity index (χ4v) is 3.71. The molecule has 6 nitrogen and oxygen atoms in total. The average molecular weight is 438 g/mol. The van der Waals surface area contributed by atoms with Crippen LogP contribution in [0.4, 0.5) is 4.39 Å². The van der Waals surface area contributed by atoms with Gasteiger partial charge in [0.15, 0.2) is 0 Å². The first-order valence-corrected chi connectivity index (χ1v) is 10.4. The van der Waals surface area contributed by atoms with E-state index in [2.05, 4.69) is 6.58 Å². The summed E-state index contributed by atoms with van der Waals surface area (Å²) < 4.78 is 19.0. The van der Waals surface area contributed by atoms with Crippen molar-refractivity contribution in [1.82, 2.24) is 9.80 Å². The number of amides is 1. The van der Waals surface area contributed by atoms with Crippen LogP contribution >= 0.6 is 0 Å². The minimum Gasteiger partial charge on any atom is -0.507 e. The summed E-state index contributed by atoms with van der Waals surface area (Å²) in [4.78, 5) is 29.4. The van der Waals surface area contributed by atoms with Gasteiger partial charge in [-0.2, -0.15) is 0 Å². The Hall–Kier alpha value is -3.45. The fourth-order valence-electron chi connectivity index (χ4n) is 3.71. The van der Waals surface area contributed by atoms with Crippen molar-refractivity contribution < 1.29 is 23.8 Å². The summed E-state index contributed by atoms with van der Waals surface area (Å²) >= 11 is 0. The SMILES string of the molecule is C=CCOc1cccc([C@@H]2C(=C(O)c3ccc(F)cc3)C(=O)C(=O)N2CCCN(C)C)c1. The maximum absolute atomic E-state index is 13.4. The van der Waals surface area contributed by atoms with Crippen LogP contribution in [-0.4, -0.2) is 60.4 Å². The van der Waals surface area contributed by atoms with E-state index in [1.807, 2.05) is 19.0 Å². The number of aliphatic hydroxyl groups excluding tert-OH is 1. The van der Waals surface area contributed by atoms with Crippen LogP contribution in [0, 0.1) is 5.82 Å². The molecule has 1 heterocycles. The number of ketones is 1. The van der Waals surface area contributed by atoms with Gasteiger partial charge in [-0.3, -0.25) is 9.59 Å². The zero-order chi connectivity index (χ0) is 23.3. The van der Waals surface area contributed by atoms with Gasteiger partial charge in [-0.05, 0) is 69.0 Å². The van der Waals surface area contributed by atoms with Crippen molar-refractivity contribution in [2.75, 3.05) is 33.8 Å². The maximum Gasteiger partial charge on any atom is 0.295 e. The molecule has 1 aliphatic rings. The van der Waals surface area contributed by atoms with Gasteiger partial charge in [0.2, 0.25) is 0 Å². The zero-order valence-corrected chi connectivity index (χ0v) is 18.3. The topological polar surface area (TPSA) is 70.1 Å². The number of benzene rings is 2. The Kier molecular flexibility index (Phi) is 7.43. The molecule has 0 aromatic heterocycles. The third-order valence-corrected chi connectivity index (χ3v) is 5.20. The molecule has 0 saturated carbocycles. The number of halogens is 1. The van der Waals surface area contributed by atoms with Crippen molar-refractivity contribution in [3.05, 3.63) is 83.7 Å². The molecule has 1 fully saturated rings. The smallest absolute Gasteiger partial charge is 0.295 e. The van der Waals surface area contributed by atoms with Gasteiger partial charge in [-0.15, -0.1) is 0 Å². The first kappa shape index (κ1) is 23.2. The number of likely N-dealkylation sites (tertiary alicyclic amines) is 1. The quantitative estimate of drug-likeness (QED) is 0.279. The highest BCUT2D eigenvalue weighted by atomic mass is 19.1. The van der Waals surface area contributed by atoms with Crippen molar-refractivity contribution in [3.8, 4) is 5.75 Å². The molecule has 1 N–H and O–H groups in total. The van der Waals surface area contributed by atoms with Crippen LogP contribution in [0.2, 0.25) is 0 Å². The lowest BCUT2D eigenvalue weighted by atomic mass is 9.95. The summed E-state index contributed by atoms with van der Waals surface area (Å²) in [5.41, 5.74) is 0.883. The Morgan fingerprint density at radius 3 is 2.59 bits per heavy atom. The van der Waals surface area contributed by atoms with E-state index in [1.165, 1.54) is 29.2 Å².